The maximum atomic E-state index is 13.3. The zero-order valence-electron chi connectivity index (χ0n) is 19.4. The van der Waals surface area contributed by atoms with E-state index in [-0.39, 0.29) is 18.8 Å². The second-order valence-electron chi connectivity index (χ2n) is 9.18. The van der Waals surface area contributed by atoms with E-state index in [4.69, 9.17) is 4.74 Å². The summed E-state index contributed by atoms with van der Waals surface area (Å²) in [5.41, 5.74) is 1.53. The van der Waals surface area contributed by atoms with E-state index in [1.807, 2.05) is 42.3 Å². The third-order valence-corrected chi connectivity index (χ3v) is 8.11. The lowest BCUT2D eigenvalue weighted by molar-refractivity contribution is -0.123. The molecule has 34 heavy (non-hydrogen) atoms. The van der Waals surface area contributed by atoms with Crippen molar-refractivity contribution in [3.05, 3.63) is 54.1 Å². The molecule has 8 nitrogen and oxygen atoms in total. The third kappa shape index (κ3) is 5.92. The molecule has 2 aliphatic rings. The van der Waals surface area contributed by atoms with Crippen LogP contribution in [0, 0.1) is 5.92 Å². The third-order valence-electron chi connectivity index (χ3n) is 6.64. The van der Waals surface area contributed by atoms with Gasteiger partial charge in [-0.05, 0) is 42.5 Å². The molecule has 0 aromatic heterocycles. The van der Waals surface area contributed by atoms with Crippen LogP contribution in [-0.4, -0.2) is 59.0 Å². The topological polar surface area (TPSA) is 108 Å². The van der Waals surface area contributed by atoms with Crippen LogP contribution >= 0.6 is 0 Å². The molecule has 0 spiro atoms. The van der Waals surface area contributed by atoms with Gasteiger partial charge in [-0.1, -0.05) is 49.6 Å². The predicted octanol–water partition coefficient (Wildman–Crippen LogP) is 1.38. The number of nitrogens with one attached hydrogen (secondary N) is 2. The number of fused-ring (bicyclic) bond motifs is 1. The summed E-state index contributed by atoms with van der Waals surface area (Å²) >= 11 is 0. The van der Waals surface area contributed by atoms with Crippen molar-refractivity contribution in [3.8, 4) is 5.75 Å². The van der Waals surface area contributed by atoms with E-state index in [0.717, 1.165) is 18.4 Å². The van der Waals surface area contributed by atoms with E-state index in [0.29, 0.717) is 36.9 Å². The molecule has 182 valence electrons. The smallest absolute Gasteiger partial charge is 0.293 e. The van der Waals surface area contributed by atoms with E-state index < -0.39 is 27.9 Å². The summed E-state index contributed by atoms with van der Waals surface area (Å²) in [6.45, 7) is 1.20. The molecule has 1 amide bonds. The minimum absolute atomic E-state index is 0.0719. The molecule has 1 fully saturated rings. The van der Waals surface area contributed by atoms with Crippen LogP contribution in [0.2, 0.25) is 0 Å². The van der Waals surface area contributed by atoms with E-state index >= 15 is 0 Å². The molecule has 1 heterocycles. The number of amides is 1. The molecule has 0 bridgehead atoms. The number of anilines is 1. The Morgan fingerprint density at radius 2 is 2.00 bits per heavy atom. The number of benzene rings is 2. The van der Waals surface area contributed by atoms with Crippen LogP contribution in [0.4, 0.5) is 5.69 Å². The standard InChI is InChI=1S/C24H32BN3O5S/c1-28-12-13-33-22-11-10-19(16-21(22)28)34(31,32)27-20(14-17-6-3-2-4-7-17)24(29)26-23(25-30)15-18-8-5-9-18/h2-4,6-7,10-11,16,18,20,23,25,27,30H,5,8-9,12-15H2,1H3,(H,26,29)/t20-,23-/m0/s1. The lowest BCUT2D eigenvalue weighted by Gasteiger charge is -2.30. The van der Waals surface area contributed by atoms with Crippen LogP contribution in [0.1, 0.15) is 31.2 Å². The first-order valence-electron chi connectivity index (χ1n) is 11.8. The minimum Gasteiger partial charge on any atom is -0.490 e. The highest BCUT2D eigenvalue weighted by Crippen LogP contribution is 2.33. The number of carbonyl (C=O) groups is 1. The first kappa shape index (κ1) is 24.6. The van der Waals surface area contributed by atoms with Gasteiger partial charge in [-0.3, -0.25) is 4.79 Å². The first-order chi connectivity index (χ1) is 16.4. The average molecular weight is 485 g/mol. The Morgan fingerprint density at radius 1 is 1.24 bits per heavy atom. The summed E-state index contributed by atoms with van der Waals surface area (Å²) in [6, 6.07) is 13.0. The number of carbonyl (C=O) groups excluding carboxylic acids is 1. The Morgan fingerprint density at radius 3 is 2.68 bits per heavy atom. The molecule has 1 aliphatic heterocycles. The van der Waals surface area contributed by atoms with Crippen LogP contribution < -0.4 is 19.7 Å². The Hall–Kier alpha value is -2.56. The van der Waals surface area contributed by atoms with Gasteiger partial charge in [-0.25, -0.2) is 8.42 Å². The molecular weight excluding hydrogens is 453 g/mol. The Bertz CT molecular complexity index is 1100. The molecule has 1 saturated carbocycles. The number of rotatable bonds is 10. The monoisotopic (exact) mass is 485 g/mol. The van der Waals surface area contributed by atoms with Crippen LogP contribution in [-0.2, 0) is 21.2 Å². The summed E-state index contributed by atoms with van der Waals surface area (Å²) in [7, 11) is -2.29. The number of hydrogen-bond acceptors (Lipinski definition) is 6. The second-order valence-corrected chi connectivity index (χ2v) is 10.9. The van der Waals surface area contributed by atoms with E-state index in [2.05, 4.69) is 10.0 Å². The fourth-order valence-electron chi connectivity index (χ4n) is 4.40. The molecular formula is C24H32BN3O5S. The van der Waals surface area contributed by atoms with Crippen molar-refractivity contribution in [1.29, 1.82) is 0 Å². The van der Waals surface area contributed by atoms with Gasteiger partial charge in [-0.15, -0.1) is 0 Å². The first-order valence-corrected chi connectivity index (χ1v) is 13.3. The normalized spacial score (nSPS) is 17.6. The van der Waals surface area contributed by atoms with Crippen molar-refractivity contribution in [2.45, 2.75) is 49.0 Å². The lowest BCUT2D eigenvalue weighted by atomic mass is 9.73. The molecule has 2 aromatic carbocycles. The van der Waals surface area contributed by atoms with Crippen molar-refractivity contribution in [1.82, 2.24) is 10.0 Å². The van der Waals surface area contributed by atoms with Crippen molar-refractivity contribution in [2.75, 3.05) is 25.1 Å². The number of ether oxygens (including phenoxy) is 1. The largest absolute Gasteiger partial charge is 0.490 e. The molecule has 0 unspecified atom stereocenters. The molecule has 1 aliphatic carbocycles. The van der Waals surface area contributed by atoms with Gasteiger partial charge in [0.1, 0.15) is 18.4 Å². The van der Waals surface area contributed by atoms with Crippen molar-refractivity contribution in [3.63, 3.8) is 0 Å². The number of nitrogens with zero attached hydrogens (tertiary/aromatic N) is 1. The second kappa shape index (κ2) is 10.8. The summed E-state index contributed by atoms with van der Waals surface area (Å²) in [4.78, 5) is 15.2. The van der Waals surface area contributed by atoms with Crippen LogP contribution in [0.25, 0.3) is 0 Å². The summed E-state index contributed by atoms with van der Waals surface area (Å²) in [5, 5.41) is 12.7. The van der Waals surface area contributed by atoms with Crippen molar-refractivity contribution >= 4 is 29.1 Å². The molecule has 10 heteroatoms. The Kier molecular flexibility index (Phi) is 7.80. The Balaban J connectivity index is 1.54. The molecule has 2 aromatic rings. The van der Waals surface area contributed by atoms with Gasteiger partial charge in [-0.2, -0.15) is 4.72 Å². The van der Waals surface area contributed by atoms with Gasteiger partial charge in [0.05, 0.1) is 17.1 Å². The highest BCUT2D eigenvalue weighted by atomic mass is 32.2. The SMILES string of the molecule is CN1CCOc2ccc(S(=O)(=O)N[C@@H](Cc3ccccc3)C(=O)N[C@H](BO)CC3CCC3)cc21. The minimum atomic E-state index is -4.00. The molecule has 0 saturated heterocycles. The fourth-order valence-corrected chi connectivity index (χ4v) is 5.62. The maximum absolute atomic E-state index is 13.3. The van der Waals surface area contributed by atoms with Gasteiger partial charge in [0.25, 0.3) is 7.48 Å². The van der Waals surface area contributed by atoms with Crippen LogP contribution in [0.5, 0.6) is 5.75 Å². The van der Waals surface area contributed by atoms with Gasteiger partial charge in [0.15, 0.2) is 0 Å². The summed E-state index contributed by atoms with van der Waals surface area (Å²) in [5.74, 6) is 0.295. The van der Waals surface area contributed by atoms with Gasteiger partial charge >= 0.3 is 0 Å². The highest BCUT2D eigenvalue weighted by molar-refractivity contribution is 7.89. The van der Waals surface area contributed by atoms with Crippen LogP contribution in [0.15, 0.2) is 53.4 Å². The van der Waals surface area contributed by atoms with Crippen molar-refractivity contribution < 1.29 is 23.0 Å². The maximum Gasteiger partial charge on any atom is 0.293 e. The number of likely N-dealkylation sites (N-methyl/N-ethyl adjacent to an activating group) is 1. The number of sulfonamides is 1. The van der Waals surface area contributed by atoms with Gasteiger partial charge in [0, 0.05) is 13.0 Å². The Labute approximate surface area is 202 Å². The predicted molar refractivity (Wildman–Crippen MR) is 133 cm³/mol. The van der Waals surface area contributed by atoms with E-state index in [1.54, 1.807) is 12.1 Å². The molecule has 0 radical (unpaired) electrons. The van der Waals surface area contributed by atoms with E-state index in [1.165, 1.54) is 12.5 Å². The van der Waals surface area contributed by atoms with Gasteiger partial charge < -0.3 is 20.0 Å². The number of hydrogen-bond donors (Lipinski definition) is 3. The van der Waals surface area contributed by atoms with Crippen LogP contribution in [0.3, 0.4) is 0 Å². The van der Waals surface area contributed by atoms with Gasteiger partial charge in [0.2, 0.25) is 15.9 Å². The molecule has 4 rings (SSSR count). The zero-order valence-corrected chi connectivity index (χ0v) is 20.3. The van der Waals surface area contributed by atoms with E-state index in [9.17, 15) is 18.2 Å². The fraction of sp³-hybridized carbons (Fsp3) is 0.458. The highest BCUT2D eigenvalue weighted by Gasteiger charge is 2.30. The summed E-state index contributed by atoms with van der Waals surface area (Å²) < 4.78 is 34.9. The summed E-state index contributed by atoms with van der Waals surface area (Å²) in [6.07, 6.45) is 4.27. The quantitative estimate of drug-likeness (QED) is 0.439. The van der Waals surface area contributed by atoms with Crippen molar-refractivity contribution in [2.24, 2.45) is 5.92 Å². The lowest BCUT2D eigenvalue weighted by Crippen LogP contribution is -2.52. The zero-order chi connectivity index (χ0) is 24.1. The molecule has 2 atom stereocenters. The average Bonchev–Trinajstić information content (AvgIpc) is 2.80. The molecule has 3 N–H and O–H groups in total.